The first-order valence-electron chi connectivity index (χ1n) is 7.31. The summed E-state index contributed by atoms with van der Waals surface area (Å²) < 4.78 is 9.58. The van der Waals surface area contributed by atoms with Crippen molar-refractivity contribution in [3.8, 4) is 0 Å². The number of imidazole rings is 1. The number of aryl methyl sites for hydroxylation is 2. The number of hydrogen-bond acceptors (Lipinski definition) is 5. The molecular formula is C14H22N6O. The molecule has 3 rings (SSSR count). The maximum atomic E-state index is 5.65. The fraction of sp³-hybridized carbons (Fsp3) is 0.643. The second kappa shape index (κ2) is 5.95. The van der Waals surface area contributed by atoms with Gasteiger partial charge in [0.25, 0.3) is 0 Å². The highest BCUT2D eigenvalue weighted by molar-refractivity contribution is 5.11. The molecule has 0 aromatic carbocycles. The number of likely N-dealkylation sites (tertiary alicyclic amines) is 1. The molecule has 0 N–H and O–H groups in total. The summed E-state index contributed by atoms with van der Waals surface area (Å²) in [6, 6.07) is 0. The molecule has 7 heteroatoms. The summed E-state index contributed by atoms with van der Waals surface area (Å²) in [5.41, 5.74) is 2.25. The van der Waals surface area contributed by atoms with E-state index in [1.54, 1.807) is 11.8 Å². The Labute approximate surface area is 124 Å². The van der Waals surface area contributed by atoms with Gasteiger partial charge in [0, 0.05) is 58.6 Å². The maximum absolute atomic E-state index is 5.65. The molecule has 2 atom stereocenters. The van der Waals surface area contributed by atoms with Crippen molar-refractivity contribution in [2.45, 2.75) is 32.0 Å². The van der Waals surface area contributed by atoms with E-state index in [1.807, 2.05) is 25.8 Å². The third kappa shape index (κ3) is 2.84. The van der Waals surface area contributed by atoms with Crippen LogP contribution in [0.25, 0.3) is 0 Å². The molecule has 21 heavy (non-hydrogen) atoms. The minimum atomic E-state index is 0.166. The Balaban J connectivity index is 1.72. The molecule has 1 aliphatic heterocycles. The summed E-state index contributed by atoms with van der Waals surface area (Å²) in [5, 5.41) is 8.29. The fourth-order valence-corrected chi connectivity index (χ4v) is 3.03. The summed E-state index contributed by atoms with van der Waals surface area (Å²) >= 11 is 0. The molecule has 114 valence electrons. The Kier molecular flexibility index (Phi) is 4.03. The molecule has 0 radical (unpaired) electrons. The molecule has 2 aromatic rings. The second-order valence-corrected chi connectivity index (χ2v) is 5.56. The van der Waals surface area contributed by atoms with Crippen LogP contribution in [0.3, 0.4) is 0 Å². The molecule has 0 amide bonds. The number of aromatic nitrogens is 5. The zero-order valence-corrected chi connectivity index (χ0v) is 12.8. The lowest BCUT2D eigenvalue weighted by molar-refractivity contribution is 0.0955. The van der Waals surface area contributed by atoms with Gasteiger partial charge in [0.1, 0.15) is 0 Å². The van der Waals surface area contributed by atoms with Crippen molar-refractivity contribution >= 4 is 0 Å². The standard InChI is InChI=1S/C14H22N6O/c1-4-20-10-15-5-11(20)6-19-7-12(14(9-19)21-3)13-8-18(2)17-16-13/h5,8,10,12,14H,4,6-7,9H2,1-3H3/t12-,14+/m0/s1. The summed E-state index contributed by atoms with van der Waals surface area (Å²) in [4.78, 5) is 6.63. The Bertz CT molecular complexity index is 592. The topological polar surface area (TPSA) is 61.0 Å². The molecule has 0 bridgehead atoms. The van der Waals surface area contributed by atoms with E-state index in [0.717, 1.165) is 31.9 Å². The van der Waals surface area contributed by atoms with Crippen LogP contribution >= 0.6 is 0 Å². The zero-order valence-electron chi connectivity index (χ0n) is 12.8. The Morgan fingerprint density at radius 3 is 2.90 bits per heavy atom. The van der Waals surface area contributed by atoms with Gasteiger partial charge in [0.05, 0.1) is 23.8 Å². The lowest BCUT2D eigenvalue weighted by atomic mass is 10.0. The van der Waals surface area contributed by atoms with Gasteiger partial charge in [0.15, 0.2) is 0 Å². The number of hydrogen-bond donors (Lipinski definition) is 0. The van der Waals surface area contributed by atoms with E-state index in [1.165, 1.54) is 5.69 Å². The van der Waals surface area contributed by atoms with Gasteiger partial charge < -0.3 is 9.30 Å². The minimum Gasteiger partial charge on any atom is -0.379 e. The average molecular weight is 290 g/mol. The van der Waals surface area contributed by atoms with Crippen LogP contribution in [0, 0.1) is 0 Å². The van der Waals surface area contributed by atoms with Crippen molar-refractivity contribution in [2.75, 3.05) is 20.2 Å². The molecule has 2 aromatic heterocycles. The maximum Gasteiger partial charge on any atom is 0.0948 e. The van der Waals surface area contributed by atoms with E-state index >= 15 is 0 Å². The van der Waals surface area contributed by atoms with Gasteiger partial charge in [-0.15, -0.1) is 5.10 Å². The van der Waals surface area contributed by atoms with Crippen LogP contribution in [0.15, 0.2) is 18.7 Å². The van der Waals surface area contributed by atoms with Crippen LogP contribution in [0.2, 0.25) is 0 Å². The molecule has 0 aliphatic carbocycles. The Hall–Kier alpha value is -1.73. The predicted octanol–water partition coefficient (Wildman–Crippen LogP) is 0.646. The van der Waals surface area contributed by atoms with Crippen LogP contribution < -0.4 is 0 Å². The first-order valence-corrected chi connectivity index (χ1v) is 7.31. The Morgan fingerprint density at radius 2 is 2.24 bits per heavy atom. The van der Waals surface area contributed by atoms with Crippen molar-refractivity contribution in [1.29, 1.82) is 0 Å². The van der Waals surface area contributed by atoms with Crippen molar-refractivity contribution in [3.63, 3.8) is 0 Å². The van der Waals surface area contributed by atoms with Gasteiger partial charge >= 0.3 is 0 Å². The summed E-state index contributed by atoms with van der Waals surface area (Å²) in [6.07, 6.45) is 5.98. The lowest BCUT2D eigenvalue weighted by Gasteiger charge is -2.16. The van der Waals surface area contributed by atoms with Crippen LogP contribution in [-0.2, 0) is 24.9 Å². The van der Waals surface area contributed by atoms with E-state index in [0.29, 0.717) is 0 Å². The molecule has 0 saturated carbocycles. The summed E-state index contributed by atoms with van der Waals surface area (Å²) in [5.74, 6) is 0.279. The van der Waals surface area contributed by atoms with Gasteiger partial charge in [-0.2, -0.15) is 0 Å². The van der Waals surface area contributed by atoms with Crippen LogP contribution in [0.1, 0.15) is 24.2 Å². The fourth-order valence-electron chi connectivity index (χ4n) is 3.03. The molecule has 3 heterocycles. The highest BCUT2D eigenvalue weighted by Gasteiger charge is 2.35. The normalized spacial score (nSPS) is 23.0. The predicted molar refractivity (Wildman–Crippen MR) is 77.7 cm³/mol. The van der Waals surface area contributed by atoms with E-state index < -0.39 is 0 Å². The number of methoxy groups -OCH3 is 1. The highest BCUT2D eigenvalue weighted by Crippen LogP contribution is 2.29. The minimum absolute atomic E-state index is 0.166. The SMILES string of the molecule is CCn1cncc1CN1C[C@@H](OC)[C@H](c2cn(C)nn2)C1. The molecular weight excluding hydrogens is 268 g/mol. The second-order valence-electron chi connectivity index (χ2n) is 5.56. The molecule has 0 unspecified atom stereocenters. The van der Waals surface area contributed by atoms with E-state index in [4.69, 9.17) is 4.74 Å². The van der Waals surface area contributed by atoms with Crippen LogP contribution in [0.4, 0.5) is 0 Å². The van der Waals surface area contributed by atoms with Gasteiger partial charge in [-0.05, 0) is 6.92 Å². The summed E-state index contributed by atoms with van der Waals surface area (Å²) in [6.45, 7) is 5.82. The van der Waals surface area contributed by atoms with Crippen LogP contribution in [0.5, 0.6) is 0 Å². The van der Waals surface area contributed by atoms with Gasteiger partial charge in [0.2, 0.25) is 0 Å². The molecule has 7 nitrogen and oxygen atoms in total. The molecule has 1 aliphatic rings. The Morgan fingerprint density at radius 1 is 1.38 bits per heavy atom. The van der Waals surface area contributed by atoms with Crippen LogP contribution in [-0.4, -0.2) is 55.7 Å². The van der Waals surface area contributed by atoms with Gasteiger partial charge in [-0.25, -0.2) is 4.98 Å². The largest absolute Gasteiger partial charge is 0.379 e. The first-order chi connectivity index (χ1) is 10.2. The van der Waals surface area contributed by atoms with Crippen molar-refractivity contribution < 1.29 is 4.74 Å². The molecule has 1 saturated heterocycles. The van der Waals surface area contributed by atoms with Crippen molar-refractivity contribution in [2.24, 2.45) is 7.05 Å². The number of ether oxygens (including phenoxy) is 1. The van der Waals surface area contributed by atoms with Crippen molar-refractivity contribution in [3.05, 3.63) is 30.1 Å². The van der Waals surface area contributed by atoms with E-state index in [-0.39, 0.29) is 12.0 Å². The molecule has 1 fully saturated rings. The molecule has 0 spiro atoms. The van der Waals surface area contributed by atoms with Gasteiger partial charge in [-0.3, -0.25) is 9.58 Å². The monoisotopic (exact) mass is 290 g/mol. The third-order valence-corrected chi connectivity index (χ3v) is 4.17. The zero-order chi connectivity index (χ0) is 14.8. The van der Waals surface area contributed by atoms with Crippen molar-refractivity contribution in [1.82, 2.24) is 29.4 Å². The first kappa shape index (κ1) is 14.2. The lowest BCUT2D eigenvalue weighted by Crippen LogP contribution is -2.23. The smallest absolute Gasteiger partial charge is 0.0948 e. The quantitative estimate of drug-likeness (QED) is 0.809. The highest BCUT2D eigenvalue weighted by atomic mass is 16.5. The number of rotatable bonds is 5. The number of nitrogens with zero attached hydrogens (tertiary/aromatic N) is 6. The third-order valence-electron chi connectivity index (χ3n) is 4.17. The summed E-state index contributed by atoms with van der Waals surface area (Å²) in [7, 11) is 3.67. The van der Waals surface area contributed by atoms with Gasteiger partial charge in [-0.1, -0.05) is 5.21 Å². The van der Waals surface area contributed by atoms with E-state index in [9.17, 15) is 0 Å². The van der Waals surface area contributed by atoms with E-state index in [2.05, 4.69) is 31.7 Å². The average Bonchev–Trinajstić information content (AvgIpc) is 3.18.